The smallest absolute Gasteiger partial charge is 0.330 e. The Hall–Kier alpha value is -5.44. The molecule has 0 bridgehead atoms. The van der Waals surface area contributed by atoms with Crippen molar-refractivity contribution in [3.05, 3.63) is 76.5 Å². The van der Waals surface area contributed by atoms with Gasteiger partial charge in [-0.3, -0.25) is 4.79 Å². The Morgan fingerprint density at radius 1 is 0.778 bits per heavy atom. The highest BCUT2D eigenvalue weighted by molar-refractivity contribution is 5.88. The molecule has 18 heteroatoms. The summed E-state index contributed by atoms with van der Waals surface area (Å²) in [5.74, 6) is -3.73. The number of aliphatic hydroxyl groups excluding tert-OH is 5. The van der Waals surface area contributed by atoms with E-state index in [1.807, 2.05) is 0 Å². The lowest BCUT2D eigenvalue weighted by atomic mass is 9.97. The molecule has 0 saturated carbocycles. The number of carbonyl (C=O) groups is 1. The third kappa shape index (κ3) is 7.77. The van der Waals surface area contributed by atoms with E-state index in [-0.39, 0.29) is 34.2 Å². The monoisotopic (exact) mass is 756 g/mol. The fraction of sp³-hybridized carbons (Fsp3) is 0.333. The van der Waals surface area contributed by atoms with Crippen LogP contribution in [-0.4, -0.2) is 125 Å². The molecule has 54 heavy (non-hydrogen) atoms. The largest absolute Gasteiger partial charge is 0.508 e. The first-order chi connectivity index (χ1) is 25.6. The van der Waals surface area contributed by atoms with Crippen LogP contribution in [0.4, 0.5) is 0 Å². The van der Waals surface area contributed by atoms with Crippen LogP contribution in [0.15, 0.2) is 69.9 Å². The number of phenolic OH excluding ortho intramolecular Hbond substituents is 4. The molecule has 288 valence electrons. The van der Waals surface area contributed by atoms with E-state index >= 15 is 0 Å². The third-order valence-corrected chi connectivity index (χ3v) is 8.85. The summed E-state index contributed by atoms with van der Waals surface area (Å²) in [6.07, 6.45) is -14.5. The van der Waals surface area contributed by atoms with Crippen LogP contribution in [0.25, 0.3) is 28.4 Å². The number of aliphatic hydroxyl groups is 5. The minimum atomic E-state index is -1.93. The Morgan fingerprint density at radius 3 is 2.20 bits per heavy atom. The van der Waals surface area contributed by atoms with Gasteiger partial charge in [-0.15, -0.1) is 0 Å². The fourth-order valence-electron chi connectivity index (χ4n) is 5.87. The molecule has 2 fully saturated rings. The average Bonchev–Trinajstić information content (AvgIpc) is 3.14. The summed E-state index contributed by atoms with van der Waals surface area (Å²) >= 11 is 0. The van der Waals surface area contributed by atoms with Gasteiger partial charge in [0.05, 0.1) is 6.10 Å². The van der Waals surface area contributed by atoms with Gasteiger partial charge in [0.1, 0.15) is 77.6 Å². The molecule has 10 N–H and O–H groups in total. The van der Waals surface area contributed by atoms with Crippen molar-refractivity contribution in [3.8, 4) is 45.8 Å². The maximum absolute atomic E-state index is 13.0. The molecule has 0 amide bonds. The lowest BCUT2D eigenvalue weighted by Crippen LogP contribution is -2.64. The van der Waals surface area contributed by atoms with Crippen LogP contribution >= 0.6 is 0 Å². The van der Waals surface area contributed by atoms with Crippen molar-refractivity contribution in [3.63, 3.8) is 0 Å². The second-order valence-electron chi connectivity index (χ2n) is 12.6. The molecule has 1 aromatic heterocycles. The summed E-state index contributed by atoms with van der Waals surface area (Å²) < 4.78 is 33.6. The Balaban J connectivity index is 1.16. The van der Waals surface area contributed by atoms with E-state index in [9.17, 15) is 60.7 Å². The SMILES string of the molecule is CC1OC(Oc2cc(O)c3c(=O)c(O)c(-c4ccc(O)cc4)oc3c2)C(O)C(OC2OC(COC(=O)C=Cc3ccc(O)c(O)c3)C(O)C(O)C2O)C1O. The summed E-state index contributed by atoms with van der Waals surface area (Å²) in [7, 11) is 0. The van der Waals surface area contributed by atoms with Crippen LogP contribution in [0.1, 0.15) is 12.5 Å². The molecule has 3 aromatic carbocycles. The predicted molar refractivity (Wildman–Crippen MR) is 181 cm³/mol. The summed E-state index contributed by atoms with van der Waals surface area (Å²) in [6, 6.07) is 11.3. The number of aromatic hydroxyl groups is 5. The number of esters is 1. The van der Waals surface area contributed by atoms with Gasteiger partial charge in [-0.1, -0.05) is 6.07 Å². The third-order valence-electron chi connectivity index (χ3n) is 8.85. The first-order valence-electron chi connectivity index (χ1n) is 16.3. The summed E-state index contributed by atoms with van der Waals surface area (Å²) in [5.41, 5.74) is -0.647. The highest BCUT2D eigenvalue weighted by Crippen LogP contribution is 2.37. The maximum atomic E-state index is 13.0. The lowest BCUT2D eigenvalue weighted by Gasteiger charge is -2.45. The lowest BCUT2D eigenvalue weighted by molar-refractivity contribution is -0.350. The number of benzene rings is 3. The molecular weight excluding hydrogens is 720 g/mol. The van der Waals surface area contributed by atoms with Gasteiger partial charge in [0.15, 0.2) is 23.5 Å². The average molecular weight is 757 g/mol. The number of rotatable bonds is 9. The topological polar surface area (TPSA) is 296 Å². The van der Waals surface area contributed by atoms with E-state index in [2.05, 4.69) is 0 Å². The molecule has 3 heterocycles. The first kappa shape index (κ1) is 38.3. The molecule has 0 spiro atoms. The van der Waals surface area contributed by atoms with Gasteiger partial charge in [0.25, 0.3) is 0 Å². The van der Waals surface area contributed by atoms with Gasteiger partial charge in [-0.25, -0.2) is 4.79 Å². The number of phenols is 4. The quantitative estimate of drug-likeness (QED) is 0.0623. The Morgan fingerprint density at radius 2 is 1.50 bits per heavy atom. The molecule has 2 aliphatic heterocycles. The first-order valence-corrected chi connectivity index (χ1v) is 16.3. The Kier molecular flexibility index (Phi) is 11.0. The van der Waals surface area contributed by atoms with Crippen molar-refractivity contribution in [2.45, 2.75) is 68.3 Å². The van der Waals surface area contributed by atoms with Crippen LogP contribution in [0, 0.1) is 0 Å². The predicted octanol–water partition coefficient (Wildman–Crippen LogP) is 0.283. The normalized spacial score (nSPS) is 28.6. The van der Waals surface area contributed by atoms with Crippen LogP contribution in [0.2, 0.25) is 0 Å². The summed E-state index contributed by atoms with van der Waals surface area (Å²) in [6.45, 7) is 0.753. The second kappa shape index (κ2) is 15.5. The maximum Gasteiger partial charge on any atom is 0.330 e. The molecule has 0 aliphatic carbocycles. The number of hydrogen-bond donors (Lipinski definition) is 10. The number of ether oxygens (including phenoxy) is 5. The Bertz CT molecular complexity index is 2080. The molecule has 4 aromatic rings. The van der Waals surface area contributed by atoms with Crippen LogP contribution in [0.3, 0.4) is 0 Å². The molecule has 2 aliphatic rings. The van der Waals surface area contributed by atoms with E-state index in [1.165, 1.54) is 61.5 Å². The number of hydrogen-bond acceptors (Lipinski definition) is 18. The molecular formula is C36H36O18. The Labute approximate surface area is 304 Å². The van der Waals surface area contributed by atoms with Crippen molar-refractivity contribution in [2.24, 2.45) is 0 Å². The van der Waals surface area contributed by atoms with E-state index in [0.29, 0.717) is 5.56 Å². The zero-order valence-electron chi connectivity index (χ0n) is 28.1. The van der Waals surface area contributed by atoms with Crippen molar-refractivity contribution in [2.75, 3.05) is 6.61 Å². The standard InChI is InChI=1S/C36H36O18/c1-14-26(42)34(54-35-31(47)29(45)27(43)23(53-35)13-49-24(41)9-3-15-2-8-19(38)20(39)10-15)32(48)36(50-14)51-18-11-21(40)25-22(12-18)52-33(30(46)28(25)44)16-4-6-17(37)7-5-16/h2-12,14,23,26-27,29,31-32,34-40,42-43,45-48H,13H2,1H3. The van der Waals surface area contributed by atoms with Crippen molar-refractivity contribution in [1.29, 1.82) is 0 Å². The van der Waals surface area contributed by atoms with Gasteiger partial charge in [0.2, 0.25) is 17.5 Å². The highest BCUT2D eigenvalue weighted by atomic mass is 16.7. The van der Waals surface area contributed by atoms with Gasteiger partial charge in [-0.05, 0) is 55.0 Å². The zero-order chi connectivity index (χ0) is 39.0. The zero-order valence-corrected chi connectivity index (χ0v) is 28.1. The molecule has 6 rings (SSSR count). The minimum absolute atomic E-state index is 0.0818. The molecule has 10 atom stereocenters. The molecule has 2 saturated heterocycles. The van der Waals surface area contributed by atoms with Gasteiger partial charge < -0.3 is 79.2 Å². The van der Waals surface area contributed by atoms with E-state index < -0.39 is 102 Å². The molecule has 18 nitrogen and oxygen atoms in total. The van der Waals surface area contributed by atoms with Crippen LogP contribution < -0.4 is 10.2 Å². The second-order valence-corrected chi connectivity index (χ2v) is 12.6. The molecule has 0 radical (unpaired) electrons. The summed E-state index contributed by atoms with van der Waals surface area (Å²) in [4.78, 5) is 25.3. The van der Waals surface area contributed by atoms with Crippen molar-refractivity contribution < 1.29 is 84.0 Å². The van der Waals surface area contributed by atoms with Crippen molar-refractivity contribution >= 4 is 23.0 Å². The van der Waals surface area contributed by atoms with Gasteiger partial charge in [-0.2, -0.15) is 0 Å². The van der Waals surface area contributed by atoms with Gasteiger partial charge >= 0.3 is 5.97 Å². The van der Waals surface area contributed by atoms with Gasteiger partial charge in [0, 0.05) is 23.8 Å². The van der Waals surface area contributed by atoms with Crippen LogP contribution in [0.5, 0.6) is 34.5 Å². The highest BCUT2D eigenvalue weighted by Gasteiger charge is 2.51. The number of fused-ring (bicyclic) bond motifs is 1. The van der Waals surface area contributed by atoms with Crippen molar-refractivity contribution in [1.82, 2.24) is 0 Å². The number of carbonyl (C=O) groups excluding carboxylic acids is 1. The molecule has 10 unspecified atom stereocenters. The van der Waals surface area contributed by atoms with E-state index in [0.717, 1.165) is 12.1 Å². The van der Waals surface area contributed by atoms with Crippen LogP contribution in [-0.2, 0) is 23.7 Å². The fourth-order valence-corrected chi connectivity index (χ4v) is 5.87. The summed E-state index contributed by atoms with van der Waals surface area (Å²) in [5, 5.41) is 103. The van der Waals surface area contributed by atoms with E-state index in [4.69, 9.17) is 28.1 Å². The van der Waals surface area contributed by atoms with E-state index in [1.54, 1.807) is 0 Å². The minimum Gasteiger partial charge on any atom is -0.508 e.